The number of anilines is 1. The Morgan fingerprint density at radius 2 is 2.24 bits per heavy atom. The first-order valence-corrected chi connectivity index (χ1v) is 7.52. The summed E-state index contributed by atoms with van der Waals surface area (Å²) in [6, 6.07) is 5.20. The Bertz CT molecular complexity index is 437. The molecule has 0 aliphatic heterocycles. The standard InChI is InChI=1S/C17H27FN2O/c1-5-10-19-14(3)17-15(18)8-7-9-16(17)20(11-6-2)12-13-21-4/h6-9,14,19H,2,5,10-13H2,1,3-4H3. The van der Waals surface area contributed by atoms with E-state index in [0.29, 0.717) is 25.3 Å². The minimum absolute atomic E-state index is 0.0315. The molecular weight excluding hydrogens is 267 g/mol. The molecule has 0 aliphatic rings. The van der Waals surface area contributed by atoms with E-state index in [2.05, 4.69) is 23.7 Å². The van der Waals surface area contributed by atoms with Crippen LogP contribution < -0.4 is 10.2 Å². The molecule has 1 rings (SSSR count). The molecule has 3 nitrogen and oxygen atoms in total. The zero-order valence-corrected chi connectivity index (χ0v) is 13.4. The second-order valence-electron chi connectivity index (χ2n) is 5.08. The van der Waals surface area contributed by atoms with Crippen LogP contribution in [0.25, 0.3) is 0 Å². The number of nitrogens with one attached hydrogen (secondary N) is 1. The maximum Gasteiger partial charge on any atom is 0.130 e. The third-order valence-electron chi connectivity index (χ3n) is 3.42. The van der Waals surface area contributed by atoms with E-state index in [1.807, 2.05) is 19.1 Å². The molecule has 4 heteroatoms. The van der Waals surface area contributed by atoms with Crippen LogP contribution in [0.4, 0.5) is 10.1 Å². The second-order valence-corrected chi connectivity index (χ2v) is 5.08. The van der Waals surface area contributed by atoms with Crippen LogP contribution >= 0.6 is 0 Å². The van der Waals surface area contributed by atoms with Gasteiger partial charge in [-0.1, -0.05) is 19.1 Å². The van der Waals surface area contributed by atoms with Gasteiger partial charge in [-0.05, 0) is 32.0 Å². The van der Waals surface area contributed by atoms with Crippen molar-refractivity contribution in [2.45, 2.75) is 26.3 Å². The van der Waals surface area contributed by atoms with E-state index in [9.17, 15) is 4.39 Å². The van der Waals surface area contributed by atoms with E-state index in [1.165, 1.54) is 6.07 Å². The Hall–Kier alpha value is -1.39. The van der Waals surface area contributed by atoms with Crippen molar-refractivity contribution in [3.63, 3.8) is 0 Å². The molecule has 0 aliphatic carbocycles. The Kier molecular flexibility index (Phi) is 8.01. The fraction of sp³-hybridized carbons (Fsp3) is 0.529. The summed E-state index contributed by atoms with van der Waals surface area (Å²) in [7, 11) is 1.67. The first-order chi connectivity index (χ1) is 10.2. The van der Waals surface area contributed by atoms with E-state index in [0.717, 1.165) is 18.7 Å². The van der Waals surface area contributed by atoms with Crippen molar-refractivity contribution in [3.05, 3.63) is 42.2 Å². The topological polar surface area (TPSA) is 24.5 Å². The van der Waals surface area contributed by atoms with Crippen molar-refractivity contribution in [3.8, 4) is 0 Å². The van der Waals surface area contributed by atoms with Crippen molar-refractivity contribution in [1.82, 2.24) is 5.32 Å². The maximum atomic E-state index is 14.3. The molecule has 1 N–H and O–H groups in total. The molecule has 0 bridgehead atoms. The van der Waals surface area contributed by atoms with Gasteiger partial charge in [0.05, 0.1) is 6.61 Å². The molecule has 21 heavy (non-hydrogen) atoms. The van der Waals surface area contributed by atoms with Crippen LogP contribution in [0.15, 0.2) is 30.9 Å². The monoisotopic (exact) mass is 294 g/mol. The lowest BCUT2D eigenvalue weighted by Gasteiger charge is -2.28. The maximum absolute atomic E-state index is 14.3. The van der Waals surface area contributed by atoms with Gasteiger partial charge in [0.1, 0.15) is 5.82 Å². The fourth-order valence-electron chi connectivity index (χ4n) is 2.36. The zero-order valence-electron chi connectivity index (χ0n) is 13.4. The normalized spacial score (nSPS) is 12.2. The average molecular weight is 294 g/mol. The number of benzene rings is 1. The van der Waals surface area contributed by atoms with Crippen LogP contribution in [0.2, 0.25) is 0 Å². The van der Waals surface area contributed by atoms with E-state index in [4.69, 9.17) is 4.74 Å². The van der Waals surface area contributed by atoms with E-state index in [1.54, 1.807) is 13.2 Å². The van der Waals surface area contributed by atoms with Gasteiger partial charge in [-0.2, -0.15) is 0 Å². The van der Waals surface area contributed by atoms with Gasteiger partial charge in [0.15, 0.2) is 0 Å². The Labute approximate surface area is 127 Å². The van der Waals surface area contributed by atoms with Gasteiger partial charge >= 0.3 is 0 Å². The number of nitrogens with zero attached hydrogens (tertiary/aromatic N) is 1. The fourth-order valence-corrected chi connectivity index (χ4v) is 2.36. The molecule has 0 saturated heterocycles. The smallest absolute Gasteiger partial charge is 0.130 e. The van der Waals surface area contributed by atoms with Crippen molar-refractivity contribution >= 4 is 5.69 Å². The quantitative estimate of drug-likeness (QED) is 0.668. The van der Waals surface area contributed by atoms with Crippen LogP contribution in [-0.4, -0.2) is 33.4 Å². The van der Waals surface area contributed by atoms with Crippen molar-refractivity contribution in [1.29, 1.82) is 0 Å². The highest BCUT2D eigenvalue weighted by Gasteiger charge is 2.18. The first-order valence-electron chi connectivity index (χ1n) is 7.52. The zero-order chi connectivity index (χ0) is 15.7. The minimum Gasteiger partial charge on any atom is -0.383 e. The summed E-state index contributed by atoms with van der Waals surface area (Å²) in [6.45, 7) is 10.7. The second kappa shape index (κ2) is 9.53. The Balaban J connectivity index is 3.07. The summed E-state index contributed by atoms with van der Waals surface area (Å²) in [5.74, 6) is -0.171. The predicted octanol–water partition coefficient (Wildman–Crippen LogP) is 3.53. The lowest BCUT2D eigenvalue weighted by Crippen LogP contribution is -2.30. The van der Waals surface area contributed by atoms with Crippen LogP contribution in [0.3, 0.4) is 0 Å². The number of rotatable bonds is 10. The van der Waals surface area contributed by atoms with Gasteiger partial charge in [0.25, 0.3) is 0 Å². The van der Waals surface area contributed by atoms with Gasteiger partial charge in [-0.15, -0.1) is 6.58 Å². The molecule has 0 saturated carbocycles. The highest BCUT2D eigenvalue weighted by atomic mass is 19.1. The van der Waals surface area contributed by atoms with Crippen molar-refractivity contribution in [2.75, 3.05) is 38.3 Å². The molecule has 0 radical (unpaired) electrons. The van der Waals surface area contributed by atoms with E-state index >= 15 is 0 Å². The summed E-state index contributed by atoms with van der Waals surface area (Å²) in [4.78, 5) is 2.10. The van der Waals surface area contributed by atoms with E-state index < -0.39 is 0 Å². The third-order valence-corrected chi connectivity index (χ3v) is 3.42. The Morgan fingerprint density at radius 1 is 1.48 bits per heavy atom. The summed E-state index contributed by atoms with van der Waals surface area (Å²) < 4.78 is 19.5. The molecule has 0 amide bonds. The molecule has 1 unspecified atom stereocenters. The van der Waals surface area contributed by atoms with Crippen LogP contribution in [0, 0.1) is 5.82 Å². The summed E-state index contributed by atoms with van der Waals surface area (Å²) >= 11 is 0. The molecule has 1 atom stereocenters. The third kappa shape index (κ3) is 5.14. The Morgan fingerprint density at radius 3 is 2.86 bits per heavy atom. The van der Waals surface area contributed by atoms with Crippen molar-refractivity contribution in [2.24, 2.45) is 0 Å². The highest BCUT2D eigenvalue weighted by Crippen LogP contribution is 2.29. The predicted molar refractivity (Wildman–Crippen MR) is 87.4 cm³/mol. The summed E-state index contributed by atoms with van der Waals surface area (Å²) in [6.07, 6.45) is 2.85. The number of ether oxygens (including phenoxy) is 1. The molecule has 0 heterocycles. The molecule has 0 spiro atoms. The molecule has 1 aromatic rings. The van der Waals surface area contributed by atoms with E-state index in [-0.39, 0.29) is 11.9 Å². The molecule has 0 fully saturated rings. The molecule has 1 aromatic carbocycles. The first kappa shape index (κ1) is 17.7. The minimum atomic E-state index is -0.171. The lowest BCUT2D eigenvalue weighted by atomic mass is 10.0. The van der Waals surface area contributed by atoms with Gasteiger partial charge in [0.2, 0.25) is 0 Å². The lowest BCUT2D eigenvalue weighted by molar-refractivity contribution is 0.205. The largest absolute Gasteiger partial charge is 0.383 e. The van der Waals surface area contributed by atoms with Crippen LogP contribution in [0.5, 0.6) is 0 Å². The number of hydrogen-bond donors (Lipinski definition) is 1. The van der Waals surface area contributed by atoms with Gasteiger partial charge in [-0.25, -0.2) is 4.39 Å². The summed E-state index contributed by atoms with van der Waals surface area (Å²) in [5, 5.41) is 3.36. The highest BCUT2D eigenvalue weighted by molar-refractivity contribution is 5.56. The molecular formula is C17H27FN2O. The number of methoxy groups -OCH3 is 1. The number of hydrogen-bond acceptors (Lipinski definition) is 3. The van der Waals surface area contributed by atoms with Gasteiger partial charge in [-0.3, -0.25) is 0 Å². The summed E-state index contributed by atoms with van der Waals surface area (Å²) in [5.41, 5.74) is 1.62. The van der Waals surface area contributed by atoms with Crippen LogP contribution in [0.1, 0.15) is 31.9 Å². The SMILES string of the molecule is C=CCN(CCOC)c1cccc(F)c1C(C)NCCC. The number of halogens is 1. The van der Waals surface area contributed by atoms with Gasteiger partial charge in [0, 0.05) is 37.5 Å². The average Bonchev–Trinajstić information content (AvgIpc) is 2.48. The molecule has 118 valence electrons. The van der Waals surface area contributed by atoms with Gasteiger partial charge < -0.3 is 15.0 Å². The van der Waals surface area contributed by atoms with Crippen LogP contribution in [-0.2, 0) is 4.74 Å². The van der Waals surface area contributed by atoms with Crippen molar-refractivity contribution < 1.29 is 9.13 Å². The molecule has 0 aromatic heterocycles.